The van der Waals surface area contributed by atoms with Crippen LogP contribution in [-0.2, 0) is 20.0 Å². The summed E-state index contributed by atoms with van der Waals surface area (Å²) in [5, 5.41) is 2.71. The molecular weight excluding hydrogens is 462 g/mol. The van der Waals surface area contributed by atoms with Crippen LogP contribution >= 0.6 is 0 Å². The summed E-state index contributed by atoms with van der Waals surface area (Å²) in [6.45, 7) is 6.87. The molecule has 0 atom stereocenters. The van der Waals surface area contributed by atoms with Gasteiger partial charge in [-0.1, -0.05) is 32.4 Å². The van der Waals surface area contributed by atoms with Crippen molar-refractivity contribution in [2.24, 2.45) is 0 Å². The number of carbonyl (C=O) groups excluding carboxylic acids is 1. The molecule has 3 rings (SSSR count). The predicted molar refractivity (Wildman–Crippen MR) is 128 cm³/mol. The van der Waals surface area contributed by atoms with E-state index >= 15 is 0 Å². The highest BCUT2D eigenvalue weighted by molar-refractivity contribution is 7.89. The average molecular weight is 494 g/mol. The van der Waals surface area contributed by atoms with Gasteiger partial charge in [0.1, 0.15) is 0 Å². The molecule has 1 fully saturated rings. The molecule has 0 saturated carbocycles. The number of nitrogens with zero attached hydrogens (tertiary/aromatic N) is 2. The summed E-state index contributed by atoms with van der Waals surface area (Å²) in [6, 6.07) is 10.6. The first-order chi connectivity index (χ1) is 15.6. The number of rotatable bonds is 8. The Balaban J connectivity index is 1.86. The smallest absolute Gasteiger partial charge is 0.255 e. The molecule has 2 aromatic carbocycles. The fourth-order valence-electron chi connectivity index (χ4n) is 3.91. The van der Waals surface area contributed by atoms with E-state index in [2.05, 4.69) is 5.32 Å². The van der Waals surface area contributed by atoms with Gasteiger partial charge >= 0.3 is 0 Å². The topological polar surface area (TPSA) is 104 Å². The van der Waals surface area contributed by atoms with E-state index in [0.29, 0.717) is 37.4 Å². The Hall–Kier alpha value is -2.27. The van der Waals surface area contributed by atoms with Crippen molar-refractivity contribution >= 4 is 31.6 Å². The Kier molecular flexibility index (Phi) is 7.94. The zero-order chi connectivity index (χ0) is 24.2. The number of hydrogen-bond donors (Lipinski definition) is 1. The summed E-state index contributed by atoms with van der Waals surface area (Å²) in [4.78, 5) is 13.1. The first-order valence-electron chi connectivity index (χ1n) is 11.1. The highest BCUT2D eigenvalue weighted by Crippen LogP contribution is 2.26. The van der Waals surface area contributed by atoms with Gasteiger partial charge in [0.2, 0.25) is 20.0 Å². The van der Waals surface area contributed by atoms with Crippen LogP contribution in [0.4, 0.5) is 5.69 Å². The van der Waals surface area contributed by atoms with Gasteiger partial charge in [-0.3, -0.25) is 4.79 Å². The van der Waals surface area contributed by atoms with Crippen LogP contribution in [0.1, 0.15) is 49.0 Å². The predicted octanol–water partition coefficient (Wildman–Crippen LogP) is 3.45. The molecule has 0 unspecified atom stereocenters. The number of sulfonamides is 2. The van der Waals surface area contributed by atoms with Gasteiger partial charge in [0.05, 0.1) is 9.79 Å². The summed E-state index contributed by atoms with van der Waals surface area (Å²) in [6.07, 6.45) is 2.69. The molecule has 1 aliphatic heterocycles. The monoisotopic (exact) mass is 493 g/mol. The molecular formula is C23H31N3O5S2. The van der Waals surface area contributed by atoms with Gasteiger partial charge in [-0.25, -0.2) is 16.8 Å². The van der Waals surface area contributed by atoms with Crippen molar-refractivity contribution in [3.05, 3.63) is 53.6 Å². The average Bonchev–Trinajstić information content (AvgIpc) is 2.81. The van der Waals surface area contributed by atoms with Crippen molar-refractivity contribution in [3.63, 3.8) is 0 Å². The highest BCUT2D eigenvalue weighted by atomic mass is 32.2. The van der Waals surface area contributed by atoms with Crippen molar-refractivity contribution in [1.29, 1.82) is 0 Å². The maximum atomic E-state index is 13.1. The van der Waals surface area contributed by atoms with E-state index in [4.69, 9.17) is 0 Å². The lowest BCUT2D eigenvalue weighted by molar-refractivity contribution is 0.102. The zero-order valence-corrected chi connectivity index (χ0v) is 20.9. The summed E-state index contributed by atoms with van der Waals surface area (Å²) >= 11 is 0. The zero-order valence-electron chi connectivity index (χ0n) is 19.2. The number of amides is 1. The van der Waals surface area contributed by atoms with Crippen molar-refractivity contribution in [1.82, 2.24) is 8.61 Å². The molecule has 10 heteroatoms. The third kappa shape index (κ3) is 5.46. The van der Waals surface area contributed by atoms with Crippen LogP contribution in [-0.4, -0.2) is 57.5 Å². The molecule has 1 heterocycles. The summed E-state index contributed by atoms with van der Waals surface area (Å²) < 4.78 is 54.7. The molecule has 0 bridgehead atoms. The maximum absolute atomic E-state index is 13.1. The number of nitrogens with one attached hydrogen (secondary N) is 1. The lowest BCUT2D eigenvalue weighted by atomic mass is 10.2. The molecule has 1 aliphatic rings. The van der Waals surface area contributed by atoms with Crippen LogP contribution in [0.25, 0.3) is 0 Å². The molecule has 0 aliphatic carbocycles. The van der Waals surface area contributed by atoms with E-state index in [9.17, 15) is 21.6 Å². The lowest BCUT2D eigenvalue weighted by Crippen LogP contribution is -2.36. The molecule has 0 aromatic heterocycles. The Morgan fingerprint density at radius 1 is 0.970 bits per heavy atom. The second-order valence-corrected chi connectivity index (χ2v) is 11.9. The van der Waals surface area contributed by atoms with Crippen LogP contribution in [0.3, 0.4) is 0 Å². The number of carbonyl (C=O) groups is 1. The summed E-state index contributed by atoms with van der Waals surface area (Å²) in [5.41, 5.74) is 1.10. The van der Waals surface area contributed by atoms with Crippen molar-refractivity contribution in [3.8, 4) is 0 Å². The normalized spacial score (nSPS) is 15.5. The summed E-state index contributed by atoms with van der Waals surface area (Å²) in [5.74, 6) is -0.517. The van der Waals surface area contributed by atoms with Crippen molar-refractivity contribution in [2.75, 3.05) is 31.5 Å². The Morgan fingerprint density at radius 2 is 1.64 bits per heavy atom. The largest absolute Gasteiger partial charge is 0.322 e. The number of anilines is 1. The summed E-state index contributed by atoms with van der Waals surface area (Å²) in [7, 11) is -7.37. The van der Waals surface area contributed by atoms with Gasteiger partial charge in [-0.2, -0.15) is 8.61 Å². The fraction of sp³-hybridized carbons (Fsp3) is 0.435. The van der Waals surface area contributed by atoms with E-state index in [0.717, 1.165) is 19.3 Å². The highest BCUT2D eigenvalue weighted by Gasteiger charge is 2.28. The van der Waals surface area contributed by atoms with Crippen LogP contribution in [0, 0.1) is 6.92 Å². The molecule has 1 amide bonds. The van der Waals surface area contributed by atoms with E-state index in [1.165, 1.54) is 38.9 Å². The SMILES string of the molecule is CCN(CC)S(=O)(=O)c1cccc(C(=O)Nc2ccc(C)c(S(=O)(=O)N3CCCCC3)c2)c1. The number of hydrogen-bond acceptors (Lipinski definition) is 5. The van der Waals surface area contributed by atoms with Gasteiger partial charge in [-0.15, -0.1) is 0 Å². The number of benzene rings is 2. The van der Waals surface area contributed by atoms with Gasteiger partial charge in [0.25, 0.3) is 5.91 Å². The third-order valence-corrected chi connectivity index (χ3v) is 9.90. The number of aryl methyl sites for hydroxylation is 1. The molecule has 0 radical (unpaired) electrons. The molecule has 1 saturated heterocycles. The minimum atomic E-state index is -3.71. The van der Waals surface area contributed by atoms with E-state index < -0.39 is 26.0 Å². The standard InChI is InChI=1S/C23H31N3O5S2/c1-4-25(5-2)32(28,29)21-11-9-10-19(16-21)23(27)24-20-13-12-18(3)22(17-20)33(30,31)26-14-7-6-8-15-26/h9-13,16-17H,4-8,14-15H2,1-3H3,(H,24,27). The van der Waals surface area contributed by atoms with E-state index in [-0.39, 0.29) is 15.4 Å². The second-order valence-electron chi connectivity index (χ2n) is 8.02. The fourth-order valence-corrected chi connectivity index (χ4v) is 7.19. The minimum absolute atomic E-state index is 0.0381. The minimum Gasteiger partial charge on any atom is -0.322 e. The first-order valence-corrected chi connectivity index (χ1v) is 14.0. The van der Waals surface area contributed by atoms with Gasteiger partial charge < -0.3 is 5.32 Å². The van der Waals surface area contributed by atoms with E-state index in [1.54, 1.807) is 32.9 Å². The molecule has 8 nitrogen and oxygen atoms in total. The Morgan fingerprint density at radius 3 is 2.27 bits per heavy atom. The lowest BCUT2D eigenvalue weighted by Gasteiger charge is -2.26. The Labute approximate surface area is 196 Å². The third-order valence-electron chi connectivity index (χ3n) is 5.82. The van der Waals surface area contributed by atoms with Gasteiger partial charge in [0.15, 0.2) is 0 Å². The molecule has 180 valence electrons. The first kappa shape index (κ1) is 25.4. The molecule has 2 aromatic rings. The second kappa shape index (κ2) is 10.3. The van der Waals surface area contributed by atoms with Crippen LogP contribution in [0.2, 0.25) is 0 Å². The molecule has 1 N–H and O–H groups in total. The molecule has 0 spiro atoms. The van der Waals surface area contributed by atoms with Crippen molar-refractivity contribution < 1.29 is 21.6 Å². The quantitative estimate of drug-likeness (QED) is 0.607. The van der Waals surface area contributed by atoms with Gasteiger partial charge in [0, 0.05) is 37.4 Å². The van der Waals surface area contributed by atoms with Crippen LogP contribution in [0.5, 0.6) is 0 Å². The maximum Gasteiger partial charge on any atom is 0.255 e. The van der Waals surface area contributed by atoms with E-state index in [1.807, 2.05) is 0 Å². The Bertz CT molecular complexity index is 1220. The van der Waals surface area contributed by atoms with Gasteiger partial charge in [-0.05, 0) is 55.7 Å². The van der Waals surface area contributed by atoms with Crippen molar-refractivity contribution in [2.45, 2.75) is 49.8 Å². The molecule has 33 heavy (non-hydrogen) atoms. The number of piperidine rings is 1. The van der Waals surface area contributed by atoms with Crippen LogP contribution < -0.4 is 5.32 Å². The van der Waals surface area contributed by atoms with Crippen LogP contribution in [0.15, 0.2) is 52.3 Å².